The van der Waals surface area contributed by atoms with Gasteiger partial charge in [0.2, 0.25) is 5.95 Å². The smallest absolute Gasteiger partial charge is 0.223 e. The first-order chi connectivity index (χ1) is 10.3. The first kappa shape index (κ1) is 14.1. The van der Waals surface area contributed by atoms with Crippen molar-refractivity contribution in [3.05, 3.63) is 24.4 Å². The molecule has 0 atom stereocenters. The molecule has 1 aliphatic carbocycles. The fraction of sp³-hybridized carbons (Fsp3) is 0.500. The van der Waals surface area contributed by atoms with Crippen molar-refractivity contribution < 1.29 is 4.74 Å². The van der Waals surface area contributed by atoms with E-state index in [4.69, 9.17) is 10.5 Å². The second-order valence-electron chi connectivity index (χ2n) is 5.57. The molecule has 1 aromatic carbocycles. The van der Waals surface area contributed by atoms with E-state index in [1.54, 1.807) is 0 Å². The SMILES string of the molecule is CCNc1ncc2cccc(OC3CCC(N)CC3)c2n1. The predicted octanol–water partition coefficient (Wildman–Crippen LogP) is 2.71. The van der Waals surface area contributed by atoms with Gasteiger partial charge in [0.05, 0.1) is 6.10 Å². The van der Waals surface area contributed by atoms with E-state index in [2.05, 4.69) is 15.3 Å². The van der Waals surface area contributed by atoms with Crippen molar-refractivity contribution in [1.29, 1.82) is 0 Å². The van der Waals surface area contributed by atoms with Crippen molar-refractivity contribution in [2.75, 3.05) is 11.9 Å². The lowest BCUT2D eigenvalue weighted by atomic mass is 9.94. The van der Waals surface area contributed by atoms with Crippen LogP contribution in [-0.2, 0) is 0 Å². The summed E-state index contributed by atoms with van der Waals surface area (Å²) in [6, 6.07) is 6.32. The second kappa shape index (κ2) is 6.26. The number of anilines is 1. The Morgan fingerprint density at radius 1 is 1.29 bits per heavy atom. The van der Waals surface area contributed by atoms with Crippen molar-refractivity contribution in [2.45, 2.75) is 44.8 Å². The molecule has 1 heterocycles. The third-order valence-corrected chi connectivity index (χ3v) is 3.92. The quantitative estimate of drug-likeness (QED) is 0.904. The van der Waals surface area contributed by atoms with Crippen molar-refractivity contribution in [3.63, 3.8) is 0 Å². The fourth-order valence-corrected chi connectivity index (χ4v) is 2.75. The first-order valence-corrected chi connectivity index (χ1v) is 7.68. The highest BCUT2D eigenvalue weighted by Crippen LogP contribution is 2.28. The van der Waals surface area contributed by atoms with Crippen molar-refractivity contribution in [1.82, 2.24) is 9.97 Å². The Morgan fingerprint density at radius 2 is 2.10 bits per heavy atom. The lowest BCUT2D eigenvalue weighted by molar-refractivity contribution is 0.149. The molecule has 5 nitrogen and oxygen atoms in total. The number of nitrogens with zero attached hydrogens (tertiary/aromatic N) is 2. The molecule has 3 N–H and O–H groups in total. The molecule has 112 valence electrons. The third-order valence-electron chi connectivity index (χ3n) is 3.92. The Morgan fingerprint density at radius 3 is 2.86 bits per heavy atom. The summed E-state index contributed by atoms with van der Waals surface area (Å²) in [6.07, 6.45) is 6.18. The number of hydrogen-bond acceptors (Lipinski definition) is 5. The van der Waals surface area contributed by atoms with Gasteiger partial charge in [-0.05, 0) is 38.7 Å². The molecule has 1 saturated carbocycles. The number of rotatable bonds is 4. The number of nitrogens with two attached hydrogens (primary N) is 1. The average molecular weight is 286 g/mol. The Hall–Kier alpha value is -1.88. The van der Waals surface area contributed by atoms with Crippen LogP contribution >= 0.6 is 0 Å². The Labute approximate surface area is 124 Å². The molecule has 21 heavy (non-hydrogen) atoms. The largest absolute Gasteiger partial charge is 0.488 e. The molecular weight excluding hydrogens is 264 g/mol. The van der Waals surface area contributed by atoms with Crippen LogP contribution in [0, 0.1) is 0 Å². The van der Waals surface area contributed by atoms with Gasteiger partial charge in [0.25, 0.3) is 0 Å². The van der Waals surface area contributed by atoms with Crippen LogP contribution < -0.4 is 15.8 Å². The second-order valence-corrected chi connectivity index (χ2v) is 5.57. The number of hydrogen-bond donors (Lipinski definition) is 2. The number of para-hydroxylation sites is 1. The monoisotopic (exact) mass is 286 g/mol. The molecule has 0 unspecified atom stereocenters. The number of ether oxygens (including phenoxy) is 1. The topological polar surface area (TPSA) is 73.1 Å². The van der Waals surface area contributed by atoms with Crippen LogP contribution in [0.1, 0.15) is 32.6 Å². The van der Waals surface area contributed by atoms with Gasteiger partial charge in [-0.1, -0.05) is 12.1 Å². The number of fused-ring (bicyclic) bond motifs is 1. The molecule has 0 spiro atoms. The number of nitrogens with one attached hydrogen (secondary N) is 1. The summed E-state index contributed by atoms with van der Waals surface area (Å²) >= 11 is 0. The normalized spacial score (nSPS) is 22.2. The van der Waals surface area contributed by atoms with Crippen LogP contribution in [0.5, 0.6) is 5.75 Å². The van der Waals surface area contributed by atoms with Gasteiger partial charge >= 0.3 is 0 Å². The van der Waals surface area contributed by atoms with Gasteiger partial charge < -0.3 is 15.8 Å². The van der Waals surface area contributed by atoms with Crippen LogP contribution in [-0.4, -0.2) is 28.7 Å². The van der Waals surface area contributed by atoms with Crippen LogP contribution in [0.2, 0.25) is 0 Å². The zero-order valence-corrected chi connectivity index (χ0v) is 12.4. The maximum atomic E-state index is 6.18. The molecule has 1 aromatic heterocycles. The maximum Gasteiger partial charge on any atom is 0.223 e. The van der Waals surface area contributed by atoms with Gasteiger partial charge in [0, 0.05) is 24.2 Å². The zero-order chi connectivity index (χ0) is 14.7. The first-order valence-electron chi connectivity index (χ1n) is 7.68. The van der Waals surface area contributed by atoms with Crippen molar-refractivity contribution in [2.24, 2.45) is 5.73 Å². The molecule has 3 rings (SSSR count). The highest BCUT2D eigenvalue weighted by molar-refractivity contribution is 5.84. The fourth-order valence-electron chi connectivity index (χ4n) is 2.75. The Bertz CT molecular complexity index is 608. The maximum absolute atomic E-state index is 6.18. The summed E-state index contributed by atoms with van der Waals surface area (Å²) in [6.45, 7) is 2.83. The lowest BCUT2D eigenvalue weighted by Crippen LogP contribution is -2.31. The lowest BCUT2D eigenvalue weighted by Gasteiger charge is -2.27. The minimum absolute atomic E-state index is 0.243. The van der Waals surface area contributed by atoms with Gasteiger partial charge in [-0.15, -0.1) is 0 Å². The van der Waals surface area contributed by atoms with Crippen molar-refractivity contribution in [3.8, 4) is 5.75 Å². The van der Waals surface area contributed by atoms with Crippen LogP contribution in [0.15, 0.2) is 24.4 Å². The molecule has 0 radical (unpaired) electrons. The summed E-state index contributed by atoms with van der Waals surface area (Å²) < 4.78 is 6.18. The highest BCUT2D eigenvalue weighted by Gasteiger charge is 2.20. The summed E-state index contributed by atoms with van der Waals surface area (Å²) in [5.41, 5.74) is 6.82. The summed E-state index contributed by atoms with van der Waals surface area (Å²) in [5.74, 6) is 1.49. The Kier molecular flexibility index (Phi) is 4.20. The van der Waals surface area contributed by atoms with E-state index in [9.17, 15) is 0 Å². The molecular formula is C16H22N4O. The van der Waals surface area contributed by atoms with E-state index in [-0.39, 0.29) is 6.10 Å². The van der Waals surface area contributed by atoms with E-state index in [1.807, 2.05) is 31.3 Å². The van der Waals surface area contributed by atoms with Crippen LogP contribution in [0.4, 0.5) is 5.95 Å². The molecule has 0 bridgehead atoms. The molecule has 0 saturated heterocycles. The number of aromatic nitrogens is 2. The van der Waals surface area contributed by atoms with Gasteiger partial charge in [-0.3, -0.25) is 0 Å². The molecule has 0 amide bonds. The van der Waals surface area contributed by atoms with E-state index in [0.29, 0.717) is 12.0 Å². The minimum Gasteiger partial charge on any atom is -0.488 e. The van der Waals surface area contributed by atoms with Gasteiger partial charge in [-0.25, -0.2) is 9.97 Å². The zero-order valence-electron chi connectivity index (χ0n) is 12.4. The molecule has 2 aromatic rings. The van der Waals surface area contributed by atoms with Crippen LogP contribution in [0.3, 0.4) is 0 Å². The molecule has 0 aliphatic heterocycles. The van der Waals surface area contributed by atoms with E-state index in [0.717, 1.165) is 48.9 Å². The third kappa shape index (κ3) is 3.24. The Balaban J connectivity index is 1.85. The summed E-state index contributed by atoms with van der Waals surface area (Å²) in [7, 11) is 0. The molecule has 5 heteroatoms. The summed E-state index contributed by atoms with van der Waals surface area (Å²) in [4.78, 5) is 8.87. The van der Waals surface area contributed by atoms with E-state index < -0.39 is 0 Å². The van der Waals surface area contributed by atoms with E-state index >= 15 is 0 Å². The number of benzene rings is 1. The van der Waals surface area contributed by atoms with Gasteiger partial charge in [0.1, 0.15) is 11.3 Å². The molecule has 1 aliphatic rings. The highest BCUT2D eigenvalue weighted by atomic mass is 16.5. The van der Waals surface area contributed by atoms with Crippen molar-refractivity contribution >= 4 is 16.9 Å². The molecule has 1 fully saturated rings. The standard InChI is InChI=1S/C16H22N4O/c1-2-18-16-19-10-11-4-3-5-14(15(11)20-16)21-13-8-6-12(17)7-9-13/h3-5,10,12-13H,2,6-9,17H2,1H3,(H,18,19,20). The van der Waals surface area contributed by atoms with E-state index in [1.165, 1.54) is 0 Å². The van der Waals surface area contributed by atoms with Gasteiger partial charge in [0.15, 0.2) is 0 Å². The predicted molar refractivity (Wildman–Crippen MR) is 84.6 cm³/mol. The average Bonchev–Trinajstić information content (AvgIpc) is 2.50. The van der Waals surface area contributed by atoms with Gasteiger partial charge in [-0.2, -0.15) is 0 Å². The summed E-state index contributed by atoms with van der Waals surface area (Å²) in [5, 5.41) is 4.14. The minimum atomic E-state index is 0.243. The van der Waals surface area contributed by atoms with Crippen LogP contribution in [0.25, 0.3) is 10.9 Å².